The predicted octanol–water partition coefficient (Wildman–Crippen LogP) is 2.60. The molecule has 1 unspecified atom stereocenters. The van der Waals surface area contributed by atoms with Crippen LogP contribution in [0.15, 0.2) is 48.5 Å². The van der Waals surface area contributed by atoms with E-state index in [0.717, 1.165) is 22.3 Å². The van der Waals surface area contributed by atoms with E-state index in [-0.39, 0.29) is 45.2 Å². The van der Waals surface area contributed by atoms with Gasteiger partial charge in [-0.05, 0) is 22.3 Å². The van der Waals surface area contributed by atoms with Crippen LogP contribution < -0.4 is 5.32 Å². The summed E-state index contributed by atoms with van der Waals surface area (Å²) >= 11 is 0. The molecule has 0 saturated heterocycles. The van der Waals surface area contributed by atoms with Crippen LogP contribution >= 0.6 is 0 Å². The van der Waals surface area contributed by atoms with Crippen LogP contribution in [0.2, 0.25) is 0 Å². The number of carboxylic acid groups (broad SMARTS) is 1. The van der Waals surface area contributed by atoms with Crippen LogP contribution in [0.5, 0.6) is 0 Å². The van der Waals surface area contributed by atoms with E-state index < -0.39 is 35.5 Å². The van der Waals surface area contributed by atoms with Crippen LogP contribution in [-0.4, -0.2) is 46.0 Å². The van der Waals surface area contributed by atoms with Crippen molar-refractivity contribution in [3.05, 3.63) is 75.5 Å². The fourth-order valence-corrected chi connectivity index (χ4v) is 3.17. The molecule has 0 spiro atoms. The van der Waals surface area contributed by atoms with Crippen LogP contribution in [0.25, 0.3) is 16.9 Å². The molecule has 3 rings (SSSR count). The maximum absolute atomic E-state index is 12.0. The zero-order valence-electron chi connectivity index (χ0n) is 16.1. The smallest absolute Gasteiger partial charge is 0.407 e. The molecule has 1 aliphatic rings. The number of aliphatic carboxylic acids is 1. The molecule has 0 fully saturated rings. The summed E-state index contributed by atoms with van der Waals surface area (Å²) in [6.07, 6.45) is -1.58. The van der Waals surface area contributed by atoms with Gasteiger partial charge in [0, 0.05) is 38.6 Å². The van der Waals surface area contributed by atoms with Crippen molar-refractivity contribution in [2.45, 2.75) is 18.4 Å². The van der Waals surface area contributed by atoms with Crippen LogP contribution in [0, 0.1) is 10.1 Å². The second-order valence-corrected chi connectivity index (χ2v) is 6.22. The van der Waals surface area contributed by atoms with E-state index >= 15 is 0 Å². The van der Waals surface area contributed by atoms with Gasteiger partial charge >= 0.3 is 12.1 Å². The number of carbonyl (C=O) groups excluding carboxylic acids is 2. The van der Waals surface area contributed by atoms with Crippen LogP contribution in [0.4, 0.5) is 4.79 Å². The third-order valence-electron chi connectivity index (χ3n) is 4.33. The van der Waals surface area contributed by atoms with Crippen LogP contribution in [0.3, 0.4) is 0 Å². The molecule has 0 bridgehead atoms. The van der Waals surface area contributed by atoms with Gasteiger partial charge in [-0.2, -0.15) is 0 Å². The van der Waals surface area contributed by atoms with Gasteiger partial charge in [-0.1, -0.05) is 48.5 Å². The van der Waals surface area contributed by atoms with Gasteiger partial charge in [-0.25, -0.2) is 4.79 Å². The second kappa shape index (κ2) is 12.0. The molecule has 12 heteroatoms. The minimum absolute atomic E-state index is 0. The van der Waals surface area contributed by atoms with Gasteiger partial charge < -0.3 is 30.9 Å². The Labute approximate surface area is 201 Å². The third kappa shape index (κ3) is 7.30. The minimum atomic E-state index is -1.50. The Morgan fingerprint density at radius 3 is 1.97 bits per heavy atom. The van der Waals surface area contributed by atoms with Crippen molar-refractivity contribution in [3.8, 4) is 11.1 Å². The Kier molecular flexibility index (Phi) is 10.0. The van der Waals surface area contributed by atoms with Gasteiger partial charge in [0.1, 0.15) is 6.61 Å². The normalized spacial score (nSPS) is 12.0. The standard InChI is InChI=1S/C19H18N2O5.HNO3.Y/c20-18(24)16(9-17(22)23)21-19(25)26-10-15-13-7-3-1-5-11(13)12-6-2-4-8-14(12)15;2-1(3)4;/h1-8,15-16H,9-10H2,(H4,20,21,22,23,24,25);(H,2,3,4);/p-1. The van der Waals surface area contributed by atoms with Gasteiger partial charge in [0.2, 0.25) is 0 Å². The van der Waals surface area contributed by atoms with Crippen molar-refractivity contribution in [2.24, 2.45) is 0 Å². The van der Waals surface area contributed by atoms with Gasteiger partial charge in [-0.3, -0.25) is 4.79 Å². The Bertz CT molecular complexity index is 919. The van der Waals surface area contributed by atoms with E-state index in [0.29, 0.717) is 0 Å². The number of nitrogens with zero attached hydrogens (tertiary/aromatic N) is 1. The predicted molar refractivity (Wildman–Crippen MR) is 102 cm³/mol. The monoisotopic (exact) mass is 505 g/mol. The van der Waals surface area contributed by atoms with Gasteiger partial charge in [0.25, 0.3) is 5.09 Å². The topological polar surface area (TPSA) is 180 Å². The first-order valence-electron chi connectivity index (χ1n) is 8.62. The fourth-order valence-electron chi connectivity index (χ4n) is 3.17. The SMILES string of the molecule is O=[N+]([O-])O.[NH-]C(=O)C(CC(=O)O)NC(=O)OCC1c2ccccc2-c2ccccc21.[Y]. The van der Waals surface area contributed by atoms with Crippen LogP contribution in [0.1, 0.15) is 23.5 Å². The molecule has 161 valence electrons. The van der Waals surface area contributed by atoms with Gasteiger partial charge in [0.05, 0.1) is 18.4 Å². The molecule has 1 radical (unpaired) electrons. The number of amides is 2. The summed E-state index contributed by atoms with van der Waals surface area (Å²) in [5.41, 5.74) is 11.3. The summed E-state index contributed by atoms with van der Waals surface area (Å²) < 4.78 is 5.22. The van der Waals surface area contributed by atoms with E-state index in [1.165, 1.54) is 0 Å². The molecular formula is C19H18N3O8Y-. The van der Waals surface area contributed by atoms with Crippen molar-refractivity contribution in [1.29, 1.82) is 0 Å². The number of carbonyl (C=O) groups is 3. The number of ether oxygens (including phenoxy) is 1. The third-order valence-corrected chi connectivity index (χ3v) is 4.33. The first-order valence-corrected chi connectivity index (χ1v) is 8.62. The number of rotatable bonds is 6. The average Bonchev–Trinajstić information content (AvgIpc) is 2.99. The molecule has 0 aromatic heterocycles. The molecule has 0 heterocycles. The van der Waals surface area contributed by atoms with Gasteiger partial charge in [-0.15, -0.1) is 10.1 Å². The number of hydrogen-bond donors (Lipinski definition) is 3. The summed E-state index contributed by atoms with van der Waals surface area (Å²) in [5, 5.41) is 24.5. The fraction of sp³-hybridized carbons (Fsp3) is 0.211. The first-order chi connectivity index (χ1) is 14.2. The van der Waals surface area contributed by atoms with E-state index in [2.05, 4.69) is 5.32 Å². The molecule has 4 N–H and O–H groups in total. The quantitative estimate of drug-likeness (QED) is 0.396. The van der Waals surface area contributed by atoms with E-state index in [1.807, 2.05) is 48.5 Å². The molecule has 31 heavy (non-hydrogen) atoms. The van der Waals surface area contributed by atoms with E-state index in [9.17, 15) is 14.4 Å². The number of alkyl carbamates (subject to hydrolysis) is 1. The number of benzene rings is 2. The summed E-state index contributed by atoms with van der Waals surface area (Å²) in [6, 6.07) is 14.3. The van der Waals surface area contributed by atoms with Crippen molar-refractivity contribution in [1.82, 2.24) is 5.32 Å². The maximum atomic E-state index is 12.0. The van der Waals surface area contributed by atoms with Crippen molar-refractivity contribution in [2.75, 3.05) is 6.61 Å². The molecule has 0 saturated carbocycles. The van der Waals surface area contributed by atoms with Crippen molar-refractivity contribution >= 4 is 18.0 Å². The molecule has 1 atom stereocenters. The van der Waals surface area contributed by atoms with E-state index in [1.54, 1.807) is 0 Å². The number of hydrogen-bond acceptors (Lipinski definition) is 6. The number of nitrogens with one attached hydrogen (secondary N) is 2. The average molecular weight is 505 g/mol. The molecular weight excluding hydrogens is 487 g/mol. The minimum Gasteiger partial charge on any atom is -0.666 e. The van der Waals surface area contributed by atoms with Crippen molar-refractivity contribution < 1.29 is 67.2 Å². The molecule has 11 nitrogen and oxygen atoms in total. The second-order valence-electron chi connectivity index (χ2n) is 6.22. The van der Waals surface area contributed by atoms with Crippen molar-refractivity contribution in [3.63, 3.8) is 0 Å². The Hall–Kier alpha value is -3.05. The first kappa shape index (κ1) is 26.0. The Morgan fingerprint density at radius 2 is 1.55 bits per heavy atom. The molecule has 2 amide bonds. The maximum Gasteiger partial charge on any atom is 0.407 e. The van der Waals surface area contributed by atoms with Crippen LogP contribution in [-0.2, 0) is 47.0 Å². The molecule has 2 aromatic rings. The Morgan fingerprint density at radius 1 is 1.10 bits per heavy atom. The zero-order chi connectivity index (χ0) is 22.3. The Balaban J connectivity index is 0.000000885. The summed E-state index contributed by atoms with van der Waals surface area (Å²) in [5.74, 6) is -2.60. The largest absolute Gasteiger partial charge is 0.666 e. The number of carboxylic acids is 1. The molecule has 2 aromatic carbocycles. The summed E-state index contributed by atoms with van der Waals surface area (Å²) in [6.45, 7) is 0.0475. The number of fused-ring (bicyclic) bond motifs is 3. The zero-order valence-corrected chi connectivity index (χ0v) is 18.9. The van der Waals surface area contributed by atoms with Gasteiger partial charge in [0.15, 0.2) is 0 Å². The molecule has 0 aliphatic heterocycles. The summed E-state index contributed by atoms with van der Waals surface area (Å²) in [4.78, 5) is 42.2. The summed E-state index contributed by atoms with van der Waals surface area (Å²) in [7, 11) is 0. The van der Waals surface area contributed by atoms with E-state index in [4.69, 9.17) is 30.9 Å². The molecule has 1 aliphatic carbocycles.